The Morgan fingerprint density at radius 2 is 1.88 bits per heavy atom. The summed E-state index contributed by atoms with van der Waals surface area (Å²) in [5, 5.41) is 11.4. The zero-order valence-corrected chi connectivity index (χ0v) is 19.0. The molecule has 2 aromatic carbocycles. The average Bonchev–Trinajstić information content (AvgIpc) is 3.37. The number of rotatable bonds is 8. The average molecular weight is 454 g/mol. The standard InChI is InChI=1S/C25H31N3O5/c1-32-24-11-5-2-7-20(24)17-27(18-21-8-6-16-33-21)25(29)19-12-14-26(15-13-19)22-9-3-4-10-23(22)28(30)31/h2-5,7,9-11,19,21H,6,8,12-18H2,1H3. The second-order valence-corrected chi connectivity index (χ2v) is 8.67. The number of piperidine rings is 1. The molecule has 1 atom stereocenters. The number of anilines is 1. The summed E-state index contributed by atoms with van der Waals surface area (Å²) in [6, 6.07) is 14.6. The summed E-state index contributed by atoms with van der Waals surface area (Å²) in [4.78, 5) is 28.6. The van der Waals surface area contributed by atoms with Crippen molar-refractivity contribution in [1.82, 2.24) is 4.90 Å². The van der Waals surface area contributed by atoms with E-state index in [-0.39, 0.29) is 28.5 Å². The Bertz CT molecular complexity index is 968. The molecular formula is C25H31N3O5. The number of ether oxygens (including phenoxy) is 2. The number of carbonyl (C=O) groups is 1. The molecule has 2 aromatic rings. The molecule has 2 aliphatic rings. The van der Waals surface area contributed by atoms with Crippen molar-refractivity contribution in [3.63, 3.8) is 0 Å². The first-order valence-electron chi connectivity index (χ1n) is 11.6. The Morgan fingerprint density at radius 1 is 1.15 bits per heavy atom. The van der Waals surface area contributed by atoms with Crippen LogP contribution >= 0.6 is 0 Å². The molecule has 1 unspecified atom stereocenters. The third-order valence-electron chi connectivity index (χ3n) is 6.58. The molecular weight excluding hydrogens is 422 g/mol. The van der Waals surface area contributed by atoms with Crippen LogP contribution in [0.15, 0.2) is 48.5 Å². The maximum atomic E-state index is 13.6. The van der Waals surface area contributed by atoms with Crippen molar-refractivity contribution in [2.45, 2.75) is 38.3 Å². The predicted molar refractivity (Wildman–Crippen MR) is 125 cm³/mol. The second-order valence-electron chi connectivity index (χ2n) is 8.67. The van der Waals surface area contributed by atoms with Crippen LogP contribution in [0.5, 0.6) is 5.75 Å². The minimum atomic E-state index is -0.344. The first-order chi connectivity index (χ1) is 16.1. The summed E-state index contributed by atoms with van der Waals surface area (Å²) < 4.78 is 11.3. The molecule has 0 radical (unpaired) electrons. The Morgan fingerprint density at radius 3 is 2.58 bits per heavy atom. The third-order valence-corrected chi connectivity index (χ3v) is 6.58. The van der Waals surface area contributed by atoms with Crippen LogP contribution in [-0.4, -0.2) is 55.2 Å². The Labute approximate surface area is 194 Å². The zero-order chi connectivity index (χ0) is 23.2. The van der Waals surface area contributed by atoms with Gasteiger partial charge in [-0.25, -0.2) is 0 Å². The van der Waals surface area contributed by atoms with Crippen molar-refractivity contribution in [3.8, 4) is 5.75 Å². The van der Waals surface area contributed by atoms with E-state index in [0.29, 0.717) is 44.7 Å². The van der Waals surface area contributed by atoms with Crippen LogP contribution in [0.25, 0.3) is 0 Å². The van der Waals surface area contributed by atoms with Gasteiger partial charge >= 0.3 is 0 Å². The van der Waals surface area contributed by atoms with Crippen LogP contribution in [-0.2, 0) is 16.1 Å². The third kappa shape index (κ3) is 5.45. The van der Waals surface area contributed by atoms with Crippen molar-refractivity contribution in [2.24, 2.45) is 5.92 Å². The normalized spacial score (nSPS) is 18.8. The molecule has 8 heteroatoms. The highest BCUT2D eigenvalue weighted by molar-refractivity contribution is 5.79. The fourth-order valence-corrected chi connectivity index (χ4v) is 4.82. The van der Waals surface area contributed by atoms with Gasteiger partial charge < -0.3 is 19.3 Å². The van der Waals surface area contributed by atoms with Crippen LogP contribution in [0.1, 0.15) is 31.2 Å². The van der Waals surface area contributed by atoms with Crippen LogP contribution in [0.4, 0.5) is 11.4 Å². The summed E-state index contributed by atoms with van der Waals surface area (Å²) in [5.74, 6) is 0.785. The van der Waals surface area contributed by atoms with Crippen molar-refractivity contribution in [1.29, 1.82) is 0 Å². The Hall–Kier alpha value is -3.13. The summed E-state index contributed by atoms with van der Waals surface area (Å²) in [6.07, 6.45) is 3.38. The van der Waals surface area contributed by atoms with Gasteiger partial charge in [-0.1, -0.05) is 30.3 Å². The van der Waals surface area contributed by atoms with E-state index in [1.807, 2.05) is 40.1 Å². The second kappa shape index (κ2) is 10.7. The first-order valence-corrected chi connectivity index (χ1v) is 11.6. The maximum absolute atomic E-state index is 13.6. The summed E-state index contributed by atoms with van der Waals surface area (Å²) in [6.45, 7) is 3.03. The van der Waals surface area contributed by atoms with Crippen LogP contribution < -0.4 is 9.64 Å². The number of nitro groups is 1. The number of nitrogens with zero attached hydrogens (tertiary/aromatic N) is 3. The number of amides is 1. The molecule has 2 aliphatic heterocycles. The topological polar surface area (TPSA) is 85.2 Å². The zero-order valence-electron chi connectivity index (χ0n) is 19.0. The monoisotopic (exact) mass is 453 g/mol. The van der Waals surface area contributed by atoms with E-state index in [4.69, 9.17) is 9.47 Å². The predicted octanol–water partition coefficient (Wildman–Crippen LogP) is 4.03. The first kappa shape index (κ1) is 23.0. The maximum Gasteiger partial charge on any atom is 0.292 e. The fourth-order valence-electron chi connectivity index (χ4n) is 4.82. The Kier molecular flexibility index (Phi) is 7.44. The highest BCUT2D eigenvalue weighted by Gasteiger charge is 2.32. The van der Waals surface area contributed by atoms with E-state index in [1.54, 1.807) is 19.2 Å². The molecule has 2 fully saturated rings. The van der Waals surface area contributed by atoms with Gasteiger partial charge in [-0.2, -0.15) is 0 Å². The molecule has 4 rings (SSSR count). The minimum Gasteiger partial charge on any atom is -0.496 e. The number of hydrogen-bond acceptors (Lipinski definition) is 6. The summed E-state index contributed by atoms with van der Waals surface area (Å²) in [7, 11) is 1.64. The lowest BCUT2D eigenvalue weighted by Gasteiger charge is -2.36. The van der Waals surface area contributed by atoms with Crippen molar-refractivity contribution < 1.29 is 19.2 Å². The van der Waals surface area contributed by atoms with Gasteiger partial charge in [-0.15, -0.1) is 0 Å². The molecule has 0 aliphatic carbocycles. The fraction of sp³-hybridized carbons (Fsp3) is 0.480. The lowest BCUT2D eigenvalue weighted by molar-refractivity contribution is -0.384. The van der Waals surface area contributed by atoms with E-state index >= 15 is 0 Å². The van der Waals surface area contributed by atoms with Crippen molar-refractivity contribution in [2.75, 3.05) is 38.3 Å². The van der Waals surface area contributed by atoms with Gasteiger partial charge in [0.25, 0.3) is 5.69 Å². The molecule has 176 valence electrons. The van der Waals surface area contributed by atoms with E-state index in [1.165, 1.54) is 6.07 Å². The quantitative estimate of drug-likeness (QED) is 0.443. The summed E-state index contributed by atoms with van der Waals surface area (Å²) in [5.41, 5.74) is 1.71. The van der Waals surface area contributed by atoms with E-state index in [0.717, 1.165) is 30.8 Å². The van der Waals surface area contributed by atoms with Crippen LogP contribution in [0.3, 0.4) is 0 Å². The molecule has 2 saturated heterocycles. The SMILES string of the molecule is COc1ccccc1CN(CC1CCCO1)C(=O)C1CCN(c2ccccc2[N+](=O)[O-])CC1. The number of para-hydroxylation sites is 3. The highest BCUT2D eigenvalue weighted by Crippen LogP contribution is 2.32. The largest absolute Gasteiger partial charge is 0.496 e. The lowest BCUT2D eigenvalue weighted by atomic mass is 9.94. The highest BCUT2D eigenvalue weighted by atomic mass is 16.6. The number of nitro benzene ring substituents is 1. The van der Waals surface area contributed by atoms with Crippen molar-refractivity contribution in [3.05, 3.63) is 64.2 Å². The molecule has 2 heterocycles. The number of carbonyl (C=O) groups excluding carboxylic acids is 1. The molecule has 1 amide bonds. The van der Waals surface area contributed by atoms with E-state index < -0.39 is 0 Å². The van der Waals surface area contributed by atoms with Gasteiger partial charge in [0.15, 0.2) is 0 Å². The molecule has 33 heavy (non-hydrogen) atoms. The molecule has 0 aromatic heterocycles. The van der Waals surface area contributed by atoms with Gasteiger partial charge in [0.05, 0.1) is 18.1 Å². The summed E-state index contributed by atoms with van der Waals surface area (Å²) >= 11 is 0. The van der Waals surface area contributed by atoms with Gasteiger partial charge in [0.1, 0.15) is 11.4 Å². The van der Waals surface area contributed by atoms with Crippen LogP contribution in [0.2, 0.25) is 0 Å². The smallest absolute Gasteiger partial charge is 0.292 e. The lowest BCUT2D eigenvalue weighted by Crippen LogP contribution is -2.44. The number of hydrogen-bond donors (Lipinski definition) is 0. The molecule has 0 spiro atoms. The number of methoxy groups -OCH3 is 1. The Balaban J connectivity index is 1.46. The van der Waals surface area contributed by atoms with Crippen LogP contribution in [0, 0.1) is 16.0 Å². The van der Waals surface area contributed by atoms with Gasteiger partial charge in [0.2, 0.25) is 5.91 Å². The van der Waals surface area contributed by atoms with Gasteiger partial charge in [-0.05, 0) is 37.8 Å². The van der Waals surface area contributed by atoms with Gasteiger partial charge in [-0.3, -0.25) is 14.9 Å². The molecule has 0 bridgehead atoms. The molecule has 0 N–H and O–H groups in total. The molecule has 8 nitrogen and oxygen atoms in total. The van der Waals surface area contributed by atoms with E-state index in [2.05, 4.69) is 0 Å². The molecule has 0 saturated carbocycles. The van der Waals surface area contributed by atoms with Crippen molar-refractivity contribution >= 4 is 17.3 Å². The number of benzene rings is 2. The van der Waals surface area contributed by atoms with Gasteiger partial charge in [0, 0.05) is 50.3 Å². The van der Waals surface area contributed by atoms with E-state index in [9.17, 15) is 14.9 Å². The minimum absolute atomic E-state index is 0.0655.